The number of allylic oxidation sites excluding steroid dienone is 1. The quantitative estimate of drug-likeness (QED) is 0.0885. The Bertz CT molecular complexity index is 1730. The summed E-state index contributed by atoms with van der Waals surface area (Å²) in [5.41, 5.74) is 7.46. The number of thioether (sulfide) groups is 1. The number of hydrogen-bond donors (Lipinski definition) is 2. The van der Waals surface area contributed by atoms with E-state index in [0.717, 1.165) is 22.5 Å². The van der Waals surface area contributed by atoms with Crippen LogP contribution in [0.1, 0.15) is 22.9 Å². The van der Waals surface area contributed by atoms with Gasteiger partial charge in [0.1, 0.15) is 29.4 Å². The summed E-state index contributed by atoms with van der Waals surface area (Å²) in [6.07, 6.45) is 0.758. The predicted octanol–water partition coefficient (Wildman–Crippen LogP) is 4.53. The molecule has 1 aromatic heterocycles. The lowest BCUT2D eigenvalue weighted by Gasteiger charge is -2.49. The maximum absolute atomic E-state index is 13.8. The third-order valence-electron chi connectivity index (χ3n) is 6.87. The van der Waals surface area contributed by atoms with Crippen LogP contribution in [-0.4, -0.2) is 73.5 Å². The molecule has 0 bridgehead atoms. The first-order chi connectivity index (χ1) is 23.0. The monoisotopic (exact) mass is 749 g/mol. The molecule has 0 aliphatic carbocycles. The molecule has 0 spiro atoms. The summed E-state index contributed by atoms with van der Waals surface area (Å²) in [5, 5.41) is 7.32. The average Bonchev–Trinajstić information content (AvgIpc) is 3.51. The number of nitrogen functional groups attached to an aromatic ring is 1. The minimum atomic E-state index is -1.83. The number of nitrogens with two attached hydrogens (primary N) is 1. The van der Waals surface area contributed by atoms with Crippen molar-refractivity contribution in [3.05, 3.63) is 107 Å². The summed E-state index contributed by atoms with van der Waals surface area (Å²) in [5.74, 6) is -2.72. The first-order valence-corrected chi connectivity index (χ1v) is 17.1. The maximum Gasteiger partial charge on any atom is 0.356 e. The van der Waals surface area contributed by atoms with Crippen molar-refractivity contribution in [2.45, 2.75) is 21.3 Å². The van der Waals surface area contributed by atoms with Gasteiger partial charge in [-0.2, -0.15) is 0 Å². The number of aromatic nitrogens is 1. The molecule has 1 saturated heterocycles. The minimum Gasteiger partial charge on any atom is -0.459 e. The third kappa shape index (κ3) is 8.31. The van der Waals surface area contributed by atoms with Crippen molar-refractivity contribution in [1.29, 1.82) is 0 Å². The number of anilines is 1. The highest BCUT2D eigenvalue weighted by atomic mass is 35.6. The Hall–Kier alpha value is -4.08. The summed E-state index contributed by atoms with van der Waals surface area (Å²) >= 11 is 19.1. The predicted molar refractivity (Wildman–Crippen MR) is 183 cm³/mol. The number of esters is 2. The second-order valence-corrected chi connectivity index (χ2v) is 14.6. The zero-order valence-electron chi connectivity index (χ0n) is 24.7. The van der Waals surface area contributed by atoms with Crippen LogP contribution in [-0.2, 0) is 33.5 Å². The number of thiazole rings is 1. The van der Waals surface area contributed by atoms with E-state index in [2.05, 4.69) is 22.0 Å². The molecular weight excluding hydrogens is 725 g/mol. The number of ether oxygens (including phenoxy) is 2. The third-order valence-corrected chi connectivity index (χ3v) is 9.17. The molecule has 250 valence electrons. The Labute approximate surface area is 297 Å². The minimum absolute atomic E-state index is 0.0376. The maximum atomic E-state index is 13.8. The van der Waals surface area contributed by atoms with Crippen LogP contribution in [0.4, 0.5) is 5.13 Å². The van der Waals surface area contributed by atoms with Gasteiger partial charge in [-0.15, -0.1) is 23.1 Å². The molecule has 3 N–H and O–H groups in total. The van der Waals surface area contributed by atoms with Gasteiger partial charge in [-0.25, -0.2) is 14.6 Å². The van der Waals surface area contributed by atoms with Crippen LogP contribution in [0.3, 0.4) is 0 Å². The highest BCUT2D eigenvalue weighted by molar-refractivity contribution is 8.00. The lowest BCUT2D eigenvalue weighted by atomic mass is 10.0. The van der Waals surface area contributed by atoms with Gasteiger partial charge in [0.25, 0.3) is 11.8 Å². The molecule has 1 fully saturated rings. The molecule has 17 heteroatoms. The van der Waals surface area contributed by atoms with E-state index in [0.29, 0.717) is 11.3 Å². The number of carbonyl (C=O) groups excluding carboxylic acids is 4. The number of nitrogens with one attached hydrogen (secondary N) is 1. The second-order valence-electron chi connectivity index (χ2n) is 10.1. The first-order valence-electron chi connectivity index (χ1n) is 14.0. The van der Waals surface area contributed by atoms with Crippen LogP contribution in [0.2, 0.25) is 0 Å². The molecule has 2 atom stereocenters. The number of fused-ring (bicyclic) bond motifs is 1. The number of nitrogens with zero attached hydrogens (tertiary/aromatic N) is 3. The summed E-state index contributed by atoms with van der Waals surface area (Å²) in [6.45, 7) is 2.57. The van der Waals surface area contributed by atoms with Gasteiger partial charge in [0, 0.05) is 11.1 Å². The zero-order chi connectivity index (χ0) is 34.4. The number of alkyl halides is 3. The van der Waals surface area contributed by atoms with Crippen molar-refractivity contribution >= 4 is 92.5 Å². The molecule has 5 rings (SSSR count). The molecular formula is C31H26Cl3N5O7S2. The van der Waals surface area contributed by atoms with Crippen molar-refractivity contribution in [1.82, 2.24) is 15.2 Å². The van der Waals surface area contributed by atoms with Crippen molar-refractivity contribution in [2.75, 3.05) is 24.7 Å². The number of rotatable bonds is 12. The van der Waals surface area contributed by atoms with Crippen LogP contribution in [0.25, 0.3) is 0 Å². The van der Waals surface area contributed by atoms with E-state index in [4.69, 9.17) is 54.8 Å². The molecule has 2 amide bonds. The number of hydrogen-bond acceptors (Lipinski definition) is 12. The molecule has 48 heavy (non-hydrogen) atoms. The largest absolute Gasteiger partial charge is 0.459 e. The number of halogens is 3. The SMILES string of the molecule is C=CC1=C(C(=O)OC(c2ccccc2)c2ccccc2)N2C(=O)C(NC(=O)C(=NOCC(=O)OCC(Cl)(Cl)Cl)c3csc(N)n3)[C@@H]2SC1. The van der Waals surface area contributed by atoms with Gasteiger partial charge in [-0.1, -0.05) is 113 Å². The fourth-order valence-corrected chi connectivity index (χ4v) is 6.75. The Balaban J connectivity index is 1.32. The number of oxime groups is 1. The van der Waals surface area contributed by atoms with Crippen LogP contribution >= 0.6 is 57.9 Å². The van der Waals surface area contributed by atoms with Crippen LogP contribution in [0.15, 0.2) is 95.1 Å². The molecule has 0 radical (unpaired) electrons. The van der Waals surface area contributed by atoms with E-state index >= 15 is 0 Å². The lowest BCUT2D eigenvalue weighted by molar-refractivity contribution is -0.154. The Morgan fingerprint density at radius 2 is 1.77 bits per heavy atom. The Morgan fingerprint density at radius 1 is 1.12 bits per heavy atom. The van der Waals surface area contributed by atoms with Crippen molar-refractivity contribution in [3.8, 4) is 0 Å². The molecule has 12 nitrogen and oxygen atoms in total. The van der Waals surface area contributed by atoms with E-state index in [9.17, 15) is 19.2 Å². The Morgan fingerprint density at radius 3 is 2.33 bits per heavy atom. The van der Waals surface area contributed by atoms with Gasteiger partial charge in [0.05, 0.1) is 0 Å². The zero-order valence-corrected chi connectivity index (χ0v) is 28.6. The molecule has 2 aliphatic heterocycles. The topological polar surface area (TPSA) is 163 Å². The highest BCUT2D eigenvalue weighted by Gasteiger charge is 2.54. The van der Waals surface area contributed by atoms with Crippen molar-refractivity contribution < 1.29 is 33.5 Å². The lowest BCUT2D eigenvalue weighted by Crippen LogP contribution is -2.71. The fourth-order valence-electron chi connectivity index (χ4n) is 4.70. The summed E-state index contributed by atoms with van der Waals surface area (Å²) in [4.78, 5) is 63.2. The Kier molecular flexibility index (Phi) is 11.3. The molecule has 0 saturated carbocycles. The van der Waals surface area contributed by atoms with Gasteiger partial charge in [-0.3, -0.25) is 14.5 Å². The normalized spacial score (nSPS) is 17.7. The van der Waals surface area contributed by atoms with Gasteiger partial charge in [0.15, 0.2) is 16.9 Å². The van der Waals surface area contributed by atoms with E-state index in [1.54, 1.807) is 0 Å². The van der Waals surface area contributed by atoms with Gasteiger partial charge in [0.2, 0.25) is 10.4 Å². The number of β-lactam (4-membered cyclic amide) rings is 1. The average molecular weight is 751 g/mol. The van der Waals surface area contributed by atoms with E-state index in [1.165, 1.54) is 28.1 Å². The molecule has 1 unspecified atom stereocenters. The van der Waals surface area contributed by atoms with Crippen LogP contribution in [0.5, 0.6) is 0 Å². The molecule has 3 heterocycles. The number of carbonyl (C=O) groups is 4. The number of amides is 2. The van der Waals surface area contributed by atoms with E-state index in [-0.39, 0.29) is 22.2 Å². The van der Waals surface area contributed by atoms with E-state index in [1.807, 2.05) is 60.7 Å². The number of benzene rings is 2. The van der Waals surface area contributed by atoms with Gasteiger partial charge >= 0.3 is 11.9 Å². The van der Waals surface area contributed by atoms with Crippen LogP contribution < -0.4 is 11.1 Å². The molecule has 2 aromatic carbocycles. The van der Waals surface area contributed by atoms with Crippen LogP contribution in [0, 0.1) is 0 Å². The van der Waals surface area contributed by atoms with Crippen molar-refractivity contribution in [3.63, 3.8) is 0 Å². The standard InChI is InChI=1S/C31H26Cl3N5O7S2/c1-2-17-14-47-28-23(37-26(41)22(20-15-48-30(35)36-20)38-45-13-21(40)44-16-31(32,33)34)27(42)39(28)24(17)29(43)46-25(18-9-5-3-6-10-18)19-11-7-4-8-12-19/h2-12,15,23,25,28H,1,13-14,16H2,(H2,35,36)(H,37,41)/t23?,28-/m0/s1. The van der Waals surface area contributed by atoms with Gasteiger partial charge in [-0.05, 0) is 16.7 Å². The highest BCUT2D eigenvalue weighted by Crippen LogP contribution is 2.42. The summed E-state index contributed by atoms with van der Waals surface area (Å²) < 4.78 is 9.01. The molecule has 3 aromatic rings. The smallest absolute Gasteiger partial charge is 0.356 e. The second kappa shape index (κ2) is 15.4. The first kappa shape index (κ1) is 35.2. The van der Waals surface area contributed by atoms with E-state index < -0.39 is 58.3 Å². The van der Waals surface area contributed by atoms with Gasteiger partial charge < -0.3 is 25.4 Å². The van der Waals surface area contributed by atoms with Crippen molar-refractivity contribution in [2.24, 2.45) is 5.16 Å². The fraction of sp³-hybridized carbons (Fsp3) is 0.226. The summed E-state index contributed by atoms with van der Waals surface area (Å²) in [7, 11) is 0. The summed E-state index contributed by atoms with van der Waals surface area (Å²) in [6, 6.07) is 17.4. The molecule has 2 aliphatic rings.